The Morgan fingerprint density at radius 3 is 1.43 bits per heavy atom. The Morgan fingerprint density at radius 1 is 0.463 bits per heavy atom. The zero-order valence-corrected chi connectivity index (χ0v) is 78.5. The quantitative estimate of drug-likeness (QED) is 0.0334. The number of phenolic OH excluding ortho intramolecular Hbond substituents is 11. The van der Waals surface area contributed by atoms with Crippen LogP contribution < -0.4 is 30.5 Å². The first-order valence-corrected chi connectivity index (χ1v) is 46.1. The lowest BCUT2D eigenvalue weighted by atomic mass is 9.96. The fourth-order valence-electron chi connectivity index (χ4n) is 15.8. The summed E-state index contributed by atoms with van der Waals surface area (Å²) in [4.78, 5) is 32.0. The predicted octanol–water partition coefficient (Wildman–Crippen LogP) is 15.2. The number of methoxy groups -OCH3 is 1. The molecule has 710 valence electrons. The second-order valence-corrected chi connectivity index (χ2v) is 36.1. The maximum absolute atomic E-state index is 12.5. The first-order valence-electron chi connectivity index (χ1n) is 43.4. The summed E-state index contributed by atoms with van der Waals surface area (Å²) < 4.78 is 52.3. The molecular formula is C97H104ClN17O19S2. The number of aromatic amines is 4. The number of piperazine rings is 1. The second kappa shape index (κ2) is 41.6. The molecule has 18 rings (SSSR count). The first-order chi connectivity index (χ1) is 65.0. The van der Waals surface area contributed by atoms with Crippen LogP contribution in [-0.2, 0) is 27.5 Å². The smallest absolute Gasteiger partial charge is 0.348 e. The molecule has 8 heterocycles. The van der Waals surface area contributed by atoms with Crippen LogP contribution in [0.5, 0.6) is 80.5 Å². The average Bonchev–Trinajstić information content (AvgIpc) is 1.58. The van der Waals surface area contributed by atoms with E-state index in [1.807, 2.05) is 134 Å². The molecule has 5 aromatic heterocycles. The summed E-state index contributed by atoms with van der Waals surface area (Å²) in [5.74, 6) is 2.41. The molecule has 10 aromatic carbocycles. The summed E-state index contributed by atoms with van der Waals surface area (Å²) in [5.41, 5.74) is 11.8. The van der Waals surface area contributed by atoms with Gasteiger partial charge in [-0.05, 0) is 211 Å². The normalized spacial score (nSPS) is 13.3. The number of halogens is 1. The number of nitrogens with one attached hydrogen (secondary N) is 4. The van der Waals surface area contributed by atoms with Crippen LogP contribution in [0.3, 0.4) is 0 Å². The molecule has 0 amide bonds. The molecule has 0 radical (unpaired) electrons. The van der Waals surface area contributed by atoms with E-state index in [0.29, 0.717) is 122 Å². The summed E-state index contributed by atoms with van der Waals surface area (Å²) in [5, 5.41) is 146. The zero-order chi connectivity index (χ0) is 97.4. The molecule has 0 bridgehead atoms. The molecule has 136 heavy (non-hydrogen) atoms. The van der Waals surface area contributed by atoms with Crippen molar-refractivity contribution in [3.05, 3.63) is 240 Å². The molecule has 0 spiro atoms. The number of H-pyrrole nitrogens is 4. The van der Waals surface area contributed by atoms with Crippen molar-refractivity contribution in [2.45, 2.75) is 91.3 Å². The summed E-state index contributed by atoms with van der Waals surface area (Å²) in [6.45, 7) is 24.6. The van der Waals surface area contributed by atoms with Gasteiger partial charge >= 0.3 is 11.4 Å². The molecule has 3 aliphatic heterocycles. The van der Waals surface area contributed by atoms with Crippen LogP contribution in [0.2, 0.25) is 5.02 Å². The maximum atomic E-state index is 12.5. The Labute approximate surface area is 791 Å². The van der Waals surface area contributed by atoms with E-state index in [1.54, 1.807) is 48.1 Å². The Hall–Kier alpha value is -15.1. The third-order valence-electron chi connectivity index (χ3n) is 23.0. The molecule has 3 aliphatic rings. The number of rotatable bonds is 19. The SMILES string of the molecule is CC(C)c1cc(-c2n[nH]c(=O)n2-c2ccc(CN3CCN(C)CC3)cc2)c(O)cc1O.CC(C)c1cc(-c2n[nH]c(=O)n2-c2ccc(N3CCOCC3)cc2)c(O)cc1O.CC(C)c1cc(-c2nnc(S(C)(=O)=O)n2-c2ccc(O)cc2)c(O)cc1O.CCc1cc(-c2n[nH]c(C)c2-c2ccc3c(c2)OCCO3)c(O)cc1O.COc1ccc(-n2c(-c3cc(Cl)c(O)cc3O)n[nH]c2=S)cc1. The summed E-state index contributed by atoms with van der Waals surface area (Å²) in [6, 6.07) is 48.7. The van der Waals surface area contributed by atoms with Gasteiger partial charge in [0, 0.05) is 105 Å². The van der Waals surface area contributed by atoms with Crippen molar-refractivity contribution in [1.82, 2.24) is 79.1 Å². The van der Waals surface area contributed by atoms with Crippen LogP contribution in [0.1, 0.15) is 99.7 Å². The number of likely N-dealkylation sites (N-methyl/N-ethyl adjacent to an activating group) is 1. The van der Waals surface area contributed by atoms with E-state index in [0.717, 1.165) is 97.6 Å². The van der Waals surface area contributed by atoms with Crippen molar-refractivity contribution in [1.29, 1.82) is 0 Å². The average molecular weight is 1910 g/mol. The highest BCUT2D eigenvalue weighted by Gasteiger charge is 2.30. The first kappa shape index (κ1) is 96.9. The minimum atomic E-state index is -3.73. The van der Waals surface area contributed by atoms with Crippen molar-refractivity contribution < 1.29 is 83.5 Å². The second-order valence-electron chi connectivity index (χ2n) is 33.4. The van der Waals surface area contributed by atoms with Gasteiger partial charge in [-0.25, -0.2) is 37.3 Å². The van der Waals surface area contributed by atoms with E-state index in [-0.39, 0.29) is 114 Å². The molecule has 0 atom stereocenters. The van der Waals surface area contributed by atoms with Gasteiger partial charge in [0.15, 0.2) is 39.6 Å². The van der Waals surface area contributed by atoms with Crippen LogP contribution in [-0.4, -0.2) is 230 Å². The minimum Gasteiger partial charge on any atom is -0.508 e. The number of fused-ring (bicyclic) bond motifs is 1. The third-order valence-corrected chi connectivity index (χ3v) is 24.5. The number of phenols is 11. The number of aryl methyl sites for hydroxylation is 2. The number of sulfone groups is 1. The number of nitrogens with zero attached hydrogens (tertiary/aromatic N) is 13. The van der Waals surface area contributed by atoms with Gasteiger partial charge in [-0.3, -0.25) is 24.2 Å². The number of anilines is 1. The van der Waals surface area contributed by atoms with Crippen molar-refractivity contribution in [2.24, 2.45) is 0 Å². The highest BCUT2D eigenvalue weighted by atomic mass is 35.5. The van der Waals surface area contributed by atoms with Gasteiger partial charge in [0.25, 0.3) is 5.16 Å². The van der Waals surface area contributed by atoms with Crippen LogP contribution >= 0.6 is 23.8 Å². The Balaban J connectivity index is 0.000000136. The van der Waals surface area contributed by atoms with Crippen LogP contribution in [0.25, 0.3) is 90.7 Å². The Morgan fingerprint density at radius 2 is 0.912 bits per heavy atom. The van der Waals surface area contributed by atoms with E-state index in [9.17, 15) is 74.2 Å². The molecule has 2 saturated heterocycles. The minimum absolute atomic E-state index is 0.00927. The van der Waals surface area contributed by atoms with Crippen molar-refractivity contribution in [2.75, 3.05) is 91.0 Å². The topological polar surface area (TPSA) is 498 Å². The van der Waals surface area contributed by atoms with E-state index < -0.39 is 15.5 Å². The monoisotopic (exact) mass is 1910 g/mol. The van der Waals surface area contributed by atoms with Crippen LogP contribution in [0.15, 0.2) is 191 Å². The number of aromatic nitrogens is 14. The molecule has 15 N–H and O–H groups in total. The van der Waals surface area contributed by atoms with Gasteiger partial charge in [-0.2, -0.15) is 20.4 Å². The fraction of sp³-hybridized carbons (Fsp3) is 0.268. The van der Waals surface area contributed by atoms with Gasteiger partial charge in [0.2, 0.25) is 9.84 Å². The molecule has 0 saturated carbocycles. The van der Waals surface area contributed by atoms with Crippen molar-refractivity contribution in [3.63, 3.8) is 0 Å². The van der Waals surface area contributed by atoms with Crippen molar-refractivity contribution in [3.8, 4) is 171 Å². The molecule has 2 fully saturated rings. The van der Waals surface area contributed by atoms with Gasteiger partial charge in [0.1, 0.15) is 87.9 Å². The number of aromatic hydroxyl groups is 11. The standard InChI is InChI=1S/C23H29N5O3.C21H24N4O4.C20H20N2O4.C18H19N3O5S.C15H12ClN3O3S/c1-15(2)18-12-19(21(30)13-20(18)29)22-24-25-23(31)28(22)17-6-4-16(5-7-17)14-27-10-8-26(3)9-11-27;1-13(2)16-11-17(19(27)12-18(16)26)20-22-23-21(28)25(20)15-5-3-14(4-6-15)24-7-9-29-10-8-24;1-3-12-8-14(16(24)10-15(12)23)20-19(11(2)21-22-20)13-4-5-17-18(9-13)26-7-6-25-17;1-10(2)13-8-14(16(24)9-15(13)23)17-19-20-18(27(3,25)26)21(17)11-4-6-12(22)7-5-11;1-22-9-4-2-8(3-5-9)19-14(17-18-15(19)23)10-6-11(16)13(21)7-12(10)20/h4-7,12-13,15,29-30H,8-11,14H2,1-3H3,(H,25,31);3-6,11-13,26-27H,7-10H2,1-2H3,(H,23,28);4-5,8-10,23-24H,3,6-7H2,1-2H3,(H,21,22);4-10,22-24H,1-3H3;2-7,20-21H,1H3,(H,18,23). The highest BCUT2D eigenvalue weighted by molar-refractivity contribution is 7.90. The van der Waals surface area contributed by atoms with Crippen LogP contribution in [0, 0.1) is 11.7 Å². The molecule has 36 nitrogen and oxygen atoms in total. The van der Waals surface area contributed by atoms with E-state index >= 15 is 0 Å². The summed E-state index contributed by atoms with van der Waals surface area (Å²) in [7, 11) is -0.00555. The van der Waals surface area contributed by atoms with Gasteiger partial charge in [-0.15, -0.1) is 10.2 Å². The Bertz CT molecular complexity index is 7140. The molecular weight excluding hydrogens is 1810 g/mol. The number of hydrogen-bond donors (Lipinski definition) is 15. The van der Waals surface area contributed by atoms with Crippen LogP contribution in [0.4, 0.5) is 5.69 Å². The third kappa shape index (κ3) is 21.4. The fourth-order valence-corrected chi connectivity index (χ4v) is 16.9. The predicted molar refractivity (Wildman–Crippen MR) is 516 cm³/mol. The summed E-state index contributed by atoms with van der Waals surface area (Å²) in [6.07, 6.45) is 1.66. The van der Waals surface area contributed by atoms with E-state index in [2.05, 4.69) is 72.7 Å². The number of benzene rings is 10. The van der Waals surface area contributed by atoms with Gasteiger partial charge in [0.05, 0.1) is 70.3 Å². The van der Waals surface area contributed by atoms with E-state index in [1.165, 1.54) is 73.9 Å². The highest BCUT2D eigenvalue weighted by Crippen LogP contribution is 2.46. The van der Waals surface area contributed by atoms with Gasteiger partial charge in [-0.1, -0.05) is 78.3 Å². The van der Waals surface area contributed by atoms with Crippen molar-refractivity contribution >= 4 is 39.3 Å². The van der Waals surface area contributed by atoms with Gasteiger partial charge < -0.3 is 84.9 Å². The zero-order valence-electron chi connectivity index (χ0n) is 76.2. The number of hydrogen-bond acceptors (Lipinski definition) is 29. The summed E-state index contributed by atoms with van der Waals surface area (Å²) >= 11 is 11.2. The molecule has 15 aromatic rings. The van der Waals surface area contributed by atoms with E-state index in [4.69, 9.17) is 42.8 Å². The molecule has 39 heteroatoms. The number of morpholine rings is 1. The lowest BCUT2D eigenvalue weighted by molar-refractivity contribution is 0.122. The molecule has 0 aliphatic carbocycles. The number of ether oxygens (including phenoxy) is 4. The lowest BCUT2D eigenvalue weighted by Crippen LogP contribution is -2.43. The molecule has 0 unspecified atom stereocenters. The Kier molecular flexibility index (Phi) is 29.6. The lowest BCUT2D eigenvalue weighted by Gasteiger charge is -2.32. The largest absolute Gasteiger partial charge is 0.508 e. The maximum Gasteiger partial charge on any atom is 0.348 e.